The van der Waals surface area contributed by atoms with Crippen molar-refractivity contribution in [1.82, 2.24) is 10.2 Å². The molecule has 0 atom stereocenters. The van der Waals surface area contributed by atoms with Gasteiger partial charge in [-0.05, 0) is 25.7 Å². The van der Waals surface area contributed by atoms with Gasteiger partial charge < -0.3 is 14.3 Å². The quantitative estimate of drug-likeness (QED) is 0.815. The van der Waals surface area contributed by atoms with E-state index in [1.165, 1.54) is 0 Å². The van der Waals surface area contributed by atoms with Crippen molar-refractivity contribution in [1.29, 1.82) is 0 Å². The summed E-state index contributed by atoms with van der Waals surface area (Å²) in [6.07, 6.45) is 3.56. The van der Waals surface area contributed by atoms with Crippen LogP contribution in [0, 0.1) is 6.92 Å². The molecule has 1 saturated carbocycles. The van der Waals surface area contributed by atoms with E-state index in [2.05, 4.69) is 10.2 Å². The summed E-state index contributed by atoms with van der Waals surface area (Å²) in [7, 11) is 0. The van der Waals surface area contributed by atoms with E-state index in [4.69, 9.17) is 9.15 Å². The third-order valence-electron chi connectivity index (χ3n) is 2.65. The molecule has 0 saturated heterocycles. The van der Waals surface area contributed by atoms with Crippen LogP contribution in [0.4, 0.5) is 0 Å². The highest BCUT2D eigenvalue weighted by Crippen LogP contribution is 2.21. The summed E-state index contributed by atoms with van der Waals surface area (Å²) in [5.74, 6) is 1.09. The first-order valence-corrected chi connectivity index (χ1v) is 5.32. The minimum absolute atomic E-state index is 0.143. The van der Waals surface area contributed by atoms with Crippen molar-refractivity contribution < 1.29 is 14.3 Å². The second-order valence-electron chi connectivity index (χ2n) is 3.96. The molecule has 5 heteroatoms. The number of aromatic nitrogens is 2. The minimum atomic E-state index is -0.143. The van der Waals surface area contributed by atoms with Gasteiger partial charge in [0.1, 0.15) is 6.61 Å². The number of hydrogen-bond donors (Lipinski definition) is 1. The molecule has 2 rings (SSSR count). The molecule has 1 fully saturated rings. The van der Waals surface area contributed by atoms with Crippen LogP contribution >= 0.6 is 0 Å². The van der Waals surface area contributed by atoms with Gasteiger partial charge in [0.2, 0.25) is 11.8 Å². The highest BCUT2D eigenvalue weighted by atomic mass is 16.5. The maximum atomic E-state index is 9.32. The zero-order chi connectivity index (χ0) is 10.7. The van der Waals surface area contributed by atoms with Crippen LogP contribution in [0.3, 0.4) is 0 Å². The molecule has 5 nitrogen and oxygen atoms in total. The Bertz CT molecular complexity index is 305. The molecule has 1 aromatic heterocycles. The van der Waals surface area contributed by atoms with E-state index in [0.29, 0.717) is 18.4 Å². The van der Waals surface area contributed by atoms with Gasteiger partial charge in [0.05, 0.1) is 12.2 Å². The van der Waals surface area contributed by atoms with Crippen LogP contribution < -0.4 is 0 Å². The molecule has 0 bridgehead atoms. The maximum absolute atomic E-state index is 9.32. The van der Waals surface area contributed by atoms with Crippen LogP contribution in [-0.4, -0.2) is 27.5 Å². The molecule has 0 amide bonds. The Hall–Kier alpha value is -0.940. The van der Waals surface area contributed by atoms with Crippen LogP contribution in [0.1, 0.15) is 37.5 Å². The first-order chi connectivity index (χ1) is 7.24. The Labute approximate surface area is 88.5 Å². The summed E-state index contributed by atoms with van der Waals surface area (Å²) in [6.45, 7) is 2.13. The molecule has 1 aliphatic rings. The normalized spacial score (nSPS) is 26.8. The van der Waals surface area contributed by atoms with Crippen molar-refractivity contribution in [2.24, 2.45) is 0 Å². The molecular weight excluding hydrogens is 196 g/mol. The molecular formula is C10H16N2O3. The third kappa shape index (κ3) is 3.00. The zero-order valence-corrected chi connectivity index (χ0v) is 8.85. The SMILES string of the molecule is Cc1nnc(COC2CCC(O)CC2)o1. The van der Waals surface area contributed by atoms with Crippen LogP contribution in [0.5, 0.6) is 0 Å². The highest BCUT2D eigenvalue weighted by molar-refractivity contribution is 4.77. The Balaban J connectivity index is 1.74. The average molecular weight is 212 g/mol. The van der Waals surface area contributed by atoms with E-state index in [-0.39, 0.29) is 12.2 Å². The number of hydrogen-bond acceptors (Lipinski definition) is 5. The maximum Gasteiger partial charge on any atom is 0.242 e. The monoisotopic (exact) mass is 212 g/mol. The molecule has 0 radical (unpaired) electrons. The Kier molecular flexibility index (Phi) is 3.33. The van der Waals surface area contributed by atoms with Crippen molar-refractivity contribution in [2.75, 3.05) is 0 Å². The molecule has 1 N–H and O–H groups in total. The fourth-order valence-corrected chi connectivity index (χ4v) is 1.80. The van der Waals surface area contributed by atoms with E-state index in [0.717, 1.165) is 25.7 Å². The van der Waals surface area contributed by atoms with Crippen molar-refractivity contribution in [3.8, 4) is 0 Å². The fourth-order valence-electron chi connectivity index (χ4n) is 1.80. The summed E-state index contributed by atoms with van der Waals surface area (Å²) in [5, 5.41) is 16.9. The number of ether oxygens (including phenoxy) is 1. The topological polar surface area (TPSA) is 68.4 Å². The van der Waals surface area contributed by atoms with Gasteiger partial charge in [-0.2, -0.15) is 0 Å². The number of rotatable bonds is 3. The van der Waals surface area contributed by atoms with E-state index < -0.39 is 0 Å². The predicted molar refractivity (Wildman–Crippen MR) is 52.1 cm³/mol. The van der Waals surface area contributed by atoms with Gasteiger partial charge in [0.25, 0.3) is 0 Å². The second kappa shape index (κ2) is 4.72. The molecule has 1 heterocycles. The van der Waals surface area contributed by atoms with Crippen LogP contribution in [0.15, 0.2) is 4.42 Å². The Morgan fingerprint density at radius 2 is 2.07 bits per heavy atom. The summed E-state index contributed by atoms with van der Waals surface area (Å²) < 4.78 is 10.8. The summed E-state index contributed by atoms with van der Waals surface area (Å²) in [6, 6.07) is 0. The van der Waals surface area contributed by atoms with Gasteiger partial charge in [0, 0.05) is 6.92 Å². The largest absolute Gasteiger partial charge is 0.423 e. The van der Waals surface area contributed by atoms with Crippen molar-refractivity contribution in [2.45, 2.75) is 51.4 Å². The lowest BCUT2D eigenvalue weighted by atomic mass is 9.95. The van der Waals surface area contributed by atoms with Gasteiger partial charge >= 0.3 is 0 Å². The molecule has 15 heavy (non-hydrogen) atoms. The second-order valence-corrected chi connectivity index (χ2v) is 3.96. The Morgan fingerprint density at radius 1 is 1.33 bits per heavy atom. The number of aryl methyl sites for hydroxylation is 1. The highest BCUT2D eigenvalue weighted by Gasteiger charge is 2.20. The predicted octanol–water partition coefficient (Wildman–Crippen LogP) is 1.20. The molecule has 0 aromatic carbocycles. The van der Waals surface area contributed by atoms with Gasteiger partial charge in [-0.25, -0.2) is 0 Å². The van der Waals surface area contributed by atoms with E-state index in [1.807, 2.05) is 0 Å². The molecule has 1 aromatic rings. The smallest absolute Gasteiger partial charge is 0.242 e. The number of nitrogens with zero attached hydrogens (tertiary/aromatic N) is 2. The first kappa shape index (κ1) is 10.6. The standard InChI is InChI=1S/C10H16N2O3/c1-7-11-12-10(15-7)6-14-9-4-2-8(13)3-5-9/h8-9,13H,2-6H2,1H3. The zero-order valence-electron chi connectivity index (χ0n) is 8.85. The lowest BCUT2D eigenvalue weighted by molar-refractivity contribution is -0.0191. The fraction of sp³-hybridized carbons (Fsp3) is 0.800. The van der Waals surface area contributed by atoms with Crippen LogP contribution in [0.25, 0.3) is 0 Å². The number of aliphatic hydroxyl groups is 1. The summed E-state index contributed by atoms with van der Waals surface area (Å²) in [4.78, 5) is 0. The summed E-state index contributed by atoms with van der Waals surface area (Å²) in [5.41, 5.74) is 0. The molecule has 0 spiro atoms. The summed E-state index contributed by atoms with van der Waals surface area (Å²) >= 11 is 0. The van der Waals surface area contributed by atoms with Crippen molar-refractivity contribution >= 4 is 0 Å². The van der Waals surface area contributed by atoms with E-state index in [9.17, 15) is 5.11 Å². The Morgan fingerprint density at radius 3 is 2.67 bits per heavy atom. The van der Waals surface area contributed by atoms with E-state index in [1.54, 1.807) is 6.92 Å². The van der Waals surface area contributed by atoms with Gasteiger partial charge in [-0.1, -0.05) is 0 Å². The third-order valence-corrected chi connectivity index (χ3v) is 2.65. The van der Waals surface area contributed by atoms with E-state index >= 15 is 0 Å². The van der Waals surface area contributed by atoms with Crippen molar-refractivity contribution in [3.05, 3.63) is 11.8 Å². The van der Waals surface area contributed by atoms with Gasteiger partial charge in [0.15, 0.2) is 0 Å². The lowest BCUT2D eigenvalue weighted by Gasteiger charge is -2.24. The average Bonchev–Trinajstić information content (AvgIpc) is 2.64. The molecule has 84 valence electrons. The van der Waals surface area contributed by atoms with Gasteiger partial charge in [-0.3, -0.25) is 0 Å². The van der Waals surface area contributed by atoms with Gasteiger partial charge in [-0.15, -0.1) is 10.2 Å². The first-order valence-electron chi connectivity index (χ1n) is 5.32. The van der Waals surface area contributed by atoms with Crippen LogP contribution in [0.2, 0.25) is 0 Å². The van der Waals surface area contributed by atoms with Crippen molar-refractivity contribution in [3.63, 3.8) is 0 Å². The van der Waals surface area contributed by atoms with Crippen LogP contribution in [-0.2, 0) is 11.3 Å². The number of aliphatic hydroxyl groups excluding tert-OH is 1. The lowest BCUT2D eigenvalue weighted by Crippen LogP contribution is -2.24. The molecule has 0 unspecified atom stereocenters. The minimum Gasteiger partial charge on any atom is -0.423 e. The molecule has 0 aliphatic heterocycles. The molecule has 1 aliphatic carbocycles.